The first-order chi connectivity index (χ1) is 12.1. The molecule has 25 heavy (non-hydrogen) atoms. The largest absolute Gasteiger partial charge is 0.491 e. The Kier molecular flexibility index (Phi) is 12.5. The second-order valence-corrected chi connectivity index (χ2v) is 5.52. The number of hydrogen-bond acceptors (Lipinski definition) is 3. The Bertz CT molecular complexity index is 567. The lowest BCUT2D eigenvalue weighted by molar-refractivity contribution is 0.0828. The summed E-state index contributed by atoms with van der Waals surface area (Å²) >= 11 is 0. The Balaban J connectivity index is 0.00000134. The Labute approximate surface area is 154 Å². The number of benzene rings is 2. The zero-order valence-electron chi connectivity index (χ0n) is 16.9. The van der Waals surface area contributed by atoms with Crippen molar-refractivity contribution in [2.45, 2.75) is 40.7 Å². The van der Waals surface area contributed by atoms with Crippen LogP contribution >= 0.6 is 0 Å². The predicted molar refractivity (Wildman–Crippen MR) is 109 cm³/mol. The second kappa shape index (κ2) is 13.5. The number of rotatable bonds is 6. The summed E-state index contributed by atoms with van der Waals surface area (Å²) in [6.07, 6.45) is -0.486. The Morgan fingerprint density at radius 1 is 0.920 bits per heavy atom. The standard InChI is InChI=1S/C18H23NO2.2C2H6/c1-14-17(15-8-5-4-6-9-15)10-7-11-18(14)21-13-16(20)12-19(2)3;2*1-2/h4-11,16,20H,12-13H2,1-3H3;2*1-2H3/t16-;;/m1../s1. The van der Waals surface area contributed by atoms with Crippen molar-refractivity contribution in [2.24, 2.45) is 0 Å². The van der Waals surface area contributed by atoms with Crippen LogP contribution in [-0.2, 0) is 0 Å². The Morgan fingerprint density at radius 2 is 1.52 bits per heavy atom. The minimum atomic E-state index is -0.486. The molecule has 0 amide bonds. The van der Waals surface area contributed by atoms with Gasteiger partial charge >= 0.3 is 0 Å². The Morgan fingerprint density at radius 3 is 2.08 bits per heavy atom. The van der Waals surface area contributed by atoms with Crippen molar-refractivity contribution in [3.8, 4) is 16.9 Å². The molecule has 0 radical (unpaired) electrons. The summed E-state index contributed by atoms with van der Waals surface area (Å²) in [7, 11) is 3.87. The molecule has 0 spiro atoms. The molecule has 2 aromatic carbocycles. The van der Waals surface area contributed by atoms with Crippen LogP contribution in [0.5, 0.6) is 5.75 Å². The fourth-order valence-corrected chi connectivity index (χ4v) is 2.36. The molecule has 0 unspecified atom stereocenters. The highest BCUT2D eigenvalue weighted by atomic mass is 16.5. The summed E-state index contributed by atoms with van der Waals surface area (Å²) in [5.74, 6) is 0.828. The minimum absolute atomic E-state index is 0.303. The van der Waals surface area contributed by atoms with E-state index < -0.39 is 6.10 Å². The molecule has 3 heteroatoms. The van der Waals surface area contributed by atoms with Gasteiger partial charge in [-0.2, -0.15) is 0 Å². The zero-order valence-corrected chi connectivity index (χ0v) is 16.9. The van der Waals surface area contributed by atoms with Gasteiger partial charge in [-0.25, -0.2) is 0 Å². The molecular weight excluding hydrogens is 310 g/mol. The molecule has 1 atom stereocenters. The lowest BCUT2D eigenvalue weighted by Crippen LogP contribution is -2.30. The number of likely N-dealkylation sites (N-methyl/N-ethyl adjacent to an activating group) is 1. The smallest absolute Gasteiger partial charge is 0.122 e. The highest BCUT2D eigenvalue weighted by Crippen LogP contribution is 2.29. The topological polar surface area (TPSA) is 32.7 Å². The summed E-state index contributed by atoms with van der Waals surface area (Å²) in [4.78, 5) is 1.95. The van der Waals surface area contributed by atoms with Gasteiger partial charge in [-0.3, -0.25) is 0 Å². The first-order valence-corrected chi connectivity index (χ1v) is 9.18. The predicted octanol–water partition coefficient (Wildman–Crippen LogP) is 5.02. The quantitative estimate of drug-likeness (QED) is 0.798. The second-order valence-electron chi connectivity index (χ2n) is 5.52. The zero-order chi connectivity index (χ0) is 19.2. The lowest BCUT2D eigenvalue weighted by atomic mass is 10.00. The third kappa shape index (κ3) is 8.19. The van der Waals surface area contributed by atoms with E-state index in [1.54, 1.807) is 0 Å². The lowest BCUT2D eigenvalue weighted by Gasteiger charge is -2.18. The number of nitrogens with zero attached hydrogens (tertiary/aromatic N) is 1. The molecule has 140 valence electrons. The fraction of sp³-hybridized carbons (Fsp3) is 0.455. The summed E-state index contributed by atoms with van der Waals surface area (Å²) in [6.45, 7) is 10.9. The van der Waals surface area contributed by atoms with Crippen molar-refractivity contribution in [3.63, 3.8) is 0 Å². The number of hydrogen-bond donors (Lipinski definition) is 1. The average molecular weight is 346 g/mol. The van der Waals surface area contributed by atoms with Gasteiger partial charge in [0, 0.05) is 6.54 Å². The van der Waals surface area contributed by atoms with Crippen LogP contribution in [0.2, 0.25) is 0 Å². The molecule has 0 bridgehead atoms. The summed E-state index contributed by atoms with van der Waals surface area (Å²) in [5, 5.41) is 9.89. The highest BCUT2D eigenvalue weighted by Gasteiger charge is 2.10. The van der Waals surface area contributed by atoms with E-state index in [0.29, 0.717) is 13.2 Å². The van der Waals surface area contributed by atoms with Crippen LogP contribution in [0.15, 0.2) is 48.5 Å². The van der Waals surface area contributed by atoms with Gasteiger partial charge in [0.05, 0.1) is 0 Å². The number of aliphatic hydroxyl groups excluding tert-OH is 1. The number of aliphatic hydroxyl groups is 1. The van der Waals surface area contributed by atoms with Crippen molar-refractivity contribution < 1.29 is 9.84 Å². The summed E-state index contributed by atoms with van der Waals surface area (Å²) in [5.41, 5.74) is 3.44. The molecule has 0 fully saturated rings. The molecule has 3 nitrogen and oxygen atoms in total. The first-order valence-electron chi connectivity index (χ1n) is 9.18. The maximum atomic E-state index is 9.89. The molecule has 0 aromatic heterocycles. The normalized spacial score (nSPS) is 10.9. The Hall–Kier alpha value is -1.84. The third-order valence-electron chi connectivity index (χ3n) is 3.38. The van der Waals surface area contributed by atoms with Gasteiger partial charge in [0.25, 0.3) is 0 Å². The van der Waals surface area contributed by atoms with E-state index in [1.165, 1.54) is 5.56 Å². The van der Waals surface area contributed by atoms with Gasteiger partial charge in [-0.05, 0) is 43.8 Å². The van der Waals surface area contributed by atoms with Gasteiger partial charge < -0.3 is 14.7 Å². The summed E-state index contributed by atoms with van der Waals surface area (Å²) < 4.78 is 5.78. The maximum absolute atomic E-state index is 9.89. The molecule has 0 aliphatic carbocycles. The van der Waals surface area contributed by atoms with Crippen LogP contribution in [0.25, 0.3) is 11.1 Å². The molecule has 0 heterocycles. The van der Waals surface area contributed by atoms with E-state index in [-0.39, 0.29) is 0 Å². The van der Waals surface area contributed by atoms with Crippen LogP contribution in [0, 0.1) is 6.92 Å². The van der Waals surface area contributed by atoms with E-state index in [1.807, 2.05) is 77.0 Å². The highest BCUT2D eigenvalue weighted by molar-refractivity contribution is 5.69. The summed E-state index contributed by atoms with van der Waals surface area (Å²) in [6, 6.07) is 16.3. The molecule has 1 N–H and O–H groups in total. The first kappa shape index (κ1) is 23.2. The van der Waals surface area contributed by atoms with Crippen molar-refractivity contribution in [2.75, 3.05) is 27.2 Å². The van der Waals surface area contributed by atoms with Gasteiger partial charge in [0.15, 0.2) is 0 Å². The van der Waals surface area contributed by atoms with Crippen molar-refractivity contribution in [1.82, 2.24) is 4.90 Å². The average Bonchev–Trinajstić information content (AvgIpc) is 2.64. The van der Waals surface area contributed by atoms with E-state index in [0.717, 1.165) is 16.9 Å². The van der Waals surface area contributed by atoms with Crippen LogP contribution in [-0.4, -0.2) is 43.4 Å². The SMILES string of the molecule is CC.CC.Cc1c(OC[C@H](O)CN(C)C)cccc1-c1ccccc1. The molecule has 0 saturated heterocycles. The molecule has 2 aromatic rings. The van der Waals surface area contributed by atoms with Gasteiger partial charge in [-0.15, -0.1) is 0 Å². The fourth-order valence-electron chi connectivity index (χ4n) is 2.36. The van der Waals surface area contributed by atoms with E-state index in [4.69, 9.17) is 4.74 Å². The molecule has 0 saturated carbocycles. The van der Waals surface area contributed by atoms with Crippen LogP contribution in [0.3, 0.4) is 0 Å². The molecular formula is C22H35NO2. The van der Waals surface area contributed by atoms with Crippen molar-refractivity contribution in [1.29, 1.82) is 0 Å². The van der Waals surface area contributed by atoms with Gasteiger partial charge in [0.2, 0.25) is 0 Å². The third-order valence-corrected chi connectivity index (χ3v) is 3.38. The van der Waals surface area contributed by atoms with Crippen LogP contribution in [0.1, 0.15) is 33.3 Å². The van der Waals surface area contributed by atoms with Crippen LogP contribution in [0.4, 0.5) is 0 Å². The van der Waals surface area contributed by atoms with Gasteiger partial charge in [-0.1, -0.05) is 70.2 Å². The van der Waals surface area contributed by atoms with Gasteiger partial charge in [0.1, 0.15) is 18.5 Å². The maximum Gasteiger partial charge on any atom is 0.122 e. The molecule has 0 aliphatic heterocycles. The van der Waals surface area contributed by atoms with E-state index in [9.17, 15) is 5.11 Å². The van der Waals surface area contributed by atoms with E-state index in [2.05, 4.69) is 25.1 Å². The van der Waals surface area contributed by atoms with E-state index >= 15 is 0 Å². The van der Waals surface area contributed by atoms with Crippen molar-refractivity contribution in [3.05, 3.63) is 54.1 Å². The van der Waals surface area contributed by atoms with Crippen molar-refractivity contribution >= 4 is 0 Å². The van der Waals surface area contributed by atoms with Crippen LogP contribution < -0.4 is 4.74 Å². The minimum Gasteiger partial charge on any atom is -0.491 e. The monoisotopic (exact) mass is 345 g/mol. The number of ether oxygens (including phenoxy) is 1. The molecule has 0 aliphatic rings. The molecule has 2 rings (SSSR count).